The van der Waals surface area contributed by atoms with Crippen molar-refractivity contribution in [2.75, 3.05) is 6.61 Å². The van der Waals surface area contributed by atoms with Gasteiger partial charge in [0.15, 0.2) is 12.9 Å². The van der Waals surface area contributed by atoms with Gasteiger partial charge < -0.3 is 4.74 Å². The summed E-state index contributed by atoms with van der Waals surface area (Å²) >= 11 is 0. The van der Waals surface area contributed by atoms with Gasteiger partial charge in [-0.1, -0.05) is 19.1 Å². The third-order valence-corrected chi connectivity index (χ3v) is 2.86. The van der Waals surface area contributed by atoms with Crippen molar-refractivity contribution in [3.8, 4) is 5.75 Å². The third-order valence-electron chi connectivity index (χ3n) is 2.86. The minimum absolute atomic E-state index is 0.0962. The molecule has 2 aromatic rings. The number of aryl methyl sites for hydroxylation is 1. The summed E-state index contributed by atoms with van der Waals surface area (Å²) in [5.41, 5.74) is 1.54. The number of carbonyl (C=O) groups is 2. The molecule has 4 nitrogen and oxygen atoms in total. The van der Waals surface area contributed by atoms with Crippen LogP contribution in [-0.4, -0.2) is 23.4 Å². The Kier molecular flexibility index (Phi) is 4.13. The van der Waals surface area contributed by atoms with E-state index in [4.69, 9.17) is 4.74 Å². The lowest BCUT2D eigenvalue weighted by Gasteiger charge is -2.07. The number of benzene rings is 1. The number of nitrogens with zero attached hydrogens (tertiary/aromatic N) is 1. The average Bonchev–Trinajstić information content (AvgIpc) is 2.93. The molecule has 1 aromatic heterocycles. The summed E-state index contributed by atoms with van der Waals surface area (Å²) in [4.78, 5) is 22.6. The number of rotatable bonds is 5. The summed E-state index contributed by atoms with van der Waals surface area (Å²) in [7, 11) is 0. The summed E-state index contributed by atoms with van der Waals surface area (Å²) in [6, 6.07) is 10.8. The molecule has 0 aliphatic carbocycles. The van der Waals surface area contributed by atoms with Gasteiger partial charge in [0, 0.05) is 6.20 Å². The Morgan fingerprint density at radius 2 is 2.00 bits per heavy atom. The number of hydrogen-bond acceptors (Lipinski definition) is 3. The van der Waals surface area contributed by atoms with E-state index in [2.05, 4.69) is 6.92 Å². The van der Waals surface area contributed by atoms with Crippen LogP contribution in [0.25, 0.3) is 0 Å². The highest BCUT2D eigenvalue weighted by molar-refractivity contribution is 5.87. The van der Waals surface area contributed by atoms with E-state index in [-0.39, 0.29) is 12.5 Å². The van der Waals surface area contributed by atoms with Gasteiger partial charge in [-0.25, -0.2) is 0 Å². The number of aldehydes is 1. The van der Waals surface area contributed by atoms with Crippen molar-refractivity contribution < 1.29 is 14.3 Å². The van der Waals surface area contributed by atoms with Crippen molar-refractivity contribution >= 4 is 12.2 Å². The Hall–Kier alpha value is -2.36. The molecule has 0 N–H and O–H groups in total. The van der Waals surface area contributed by atoms with E-state index in [1.807, 2.05) is 24.3 Å². The molecular weight excluding hydrogens is 242 g/mol. The molecule has 0 aliphatic heterocycles. The van der Waals surface area contributed by atoms with Gasteiger partial charge in [-0.3, -0.25) is 14.2 Å². The standard InChI is InChI=1S/C15H15NO3/c1-2-12-5-7-14(8-6-12)19-11-15(18)16-9-3-4-13(16)10-17/h3-10H,2,11H2,1H3. The third kappa shape index (κ3) is 3.10. The molecule has 0 unspecified atom stereocenters. The molecule has 0 bridgehead atoms. The second-order valence-electron chi connectivity index (χ2n) is 4.10. The van der Waals surface area contributed by atoms with Crippen LogP contribution in [-0.2, 0) is 6.42 Å². The molecule has 19 heavy (non-hydrogen) atoms. The van der Waals surface area contributed by atoms with E-state index in [9.17, 15) is 9.59 Å². The van der Waals surface area contributed by atoms with Crippen LogP contribution in [0.1, 0.15) is 27.8 Å². The molecule has 0 saturated carbocycles. The zero-order valence-electron chi connectivity index (χ0n) is 10.7. The summed E-state index contributed by atoms with van der Waals surface area (Å²) in [5.74, 6) is 0.372. The van der Waals surface area contributed by atoms with Crippen LogP contribution in [0.4, 0.5) is 0 Å². The molecule has 0 amide bonds. The molecule has 1 heterocycles. The van der Waals surface area contributed by atoms with Crippen molar-refractivity contribution in [1.29, 1.82) is 0 Å². The van der Waals surface area contributed by atoms with Gasteiger partial charge in [-0.2, -0.15) is 0 Å². The Morgan fingerprint density at radius 1 is 1.26 bits per heavy atom. The number of hydrogen-bond donors (Lipinski definition) is 0. The highest BCUT2D eigenvalue weighted by atomic mass is 16.5. The number of aromatic nitrogens is 1. The molecule has 98 valence electrons. The Bertz CT molecular complexity index is 569. The monoisotopic (exact) mass is 257 g/mol. The lowest BCUT2D eigenvalue weighted by molar-refractivity contribution is 0.0829. The van der Waals surface area contributed by atoms with Gasteiger partial charge in [0.25, 0.3) is 5.91 Å². The summed E-state index contributed by atoms with van der Waals surface area (Å²) in [6.07, 6.45) is 3.16. The van der Waals surface area contributed by atoms with Crippen molar-refractivity contribution in [1.82, 2.24) is 4.57 Å². The summed E-state index contributed by atoms with van der Waals surface area (Å²) < 4.78 is 6.69. The fourth-order valence-corrected chi connectivity index (χ4v) is 1.75. The molecule has 0 radical (unpaired) electrons. The van der Waals surface area contributed by atoms with E-state index in [0.717, 1.165) is 6.42 Å². The van der Waals surface area contributed by atoms with E-state index in [1.165, 1.54) is 10.1 Å². The maximum Gasteiger partial charge on any atom is 0.269 e. The van der Waals surface area contributed by atoms with Crippen LogP contribution >= 0.6 is 0 Å². The first-order valence-electron chi connectivity index (χ1n) is 6.12. The molecule has 4 heteroatoms. The Labute approximate surface area is 111 Å². The first-order chi connectivity index (χ1) is 9.24. The van der Waals surface area contributed by atoms with Gasteiger partial charge >= 0.3 is 0 Å². The maximum absolute atomic E-state index is 11.9. The lowest BCUT2D eigenvalue weighted by atomic mass is 10.2. The normalized spacial score (nSPS) is 10.2. The minimum atomic E-state index is -0.272. The van der Waals surface area contributed by atoms with Crippen LogP contribution in [0.5, 0.6) is 5.75 Å². The highest BCUT2D eigenvalue weighted by Crippen LogP contribution is 2.12. The van der Waals surface area contributed by atoms with E-state index < -0.39 is 0 Å². The minimum Gasteiger partial charge on any atom is -0.484 e. The fraction of sp³-hybridized carbons (Fsp3) is 0.200. The van der Waals surface area contributed by atoms with Crippen LogP contribution < -0.4 is 4.74 Å². The fourth-order valence-electron chi connectivity index (χ4n) is 1.75. The number of ether oxygens (including phenoxy) is 1. The zero-order chi connectivity index (χ0) is 13.7. The molecular formula is C15H15NO3. The lowest BCUT2D eigenvalue weighted by Crippen LogP contribution is -2.20. The summed E-state index contributed by atoms with van der Waals surface area (Å²) in [5, 5.41) is 0. The number of carbonyl (C=O) groups excluding carboxylic acids is 2. The molecule has 0 atom stereocenters. The van der Waals surface area contributed by atoms with Gasteiger partial charge in [-0.15, -0.1) is 0 Å². The van der Waals surface area contributed by atoms with Crippen LogP contribution in [0, 0.1) is 0 Å². The van der Waals surface area contributed by atoms with Crippen molar-refractivity contribution in [3.63, 3.8) is 0 Å². The first-order valence-corrected chi connectivity index (χ1v) is 6.12. The highest BCUT2D eigenvalue weighted by Gasteiger charge is 2.09. The van der Waals surface area contributed by atoms with E-state index in [1.54, 1.807) is 18.3 Å². The van der Waals surface area contributed by atoms with Gasteiger partial charge in [0.1, 0.15) is 5.75 Å². The average molecular weight is 257 g/mol. The quantitative estimate of drug-likeness (QED) is 0.773. The zero-order valence-corrected chi connectivity index (χ0v) is 10.7. The van der Waals surface area contributed by atoms with Crippen molar-refractivity contribution in [3.05, 3.63) is 53.9 Å². The van der Waals surface area contributed by atoms with E-state index >= 15 is 0 Å². The molecule has 1 aromatic carbocycles. The van der Waals surface area contributed by atoms with E-state index in [0.29, 0.717) is 17.7 Å². The second-order valence-corrected chi connectivity index (χ2v) is 4.10. The smallest absolute Gasteiger partial charge is 0.269 e. The molecule has 0 saturated heterocycles. The van der Waals surface area contributed by atoms with Crippen LogP contribution in [0.15, 0.2) is 42.6 Å². The molecule has 0 fully saturated rings. The molecule has 2 rings (SSSR count). The first kappa shape index (κ1) is 13.1. The van der Waals surface area contributed by atoms with Gasteiger partial charge in [0.05, 0.1) is 5.69 Å². The molecule has 0 aliphatic rings. The van der Waals surface area contributed by atoms with Gasteiger partial charge in [0.2, 0.25) is 0 Å². The van der Waals surface area contributed by atoms with Gasteiger partial charge in [-0.05, 0) is 36.2 Å². The maximum atomic E-state index is 11.9. The SMILES string of the molecule is CCc1ccc(OCC(=O)n2cccc2C=O)cc1. The largest absolute Gasteiger partial charge is 0.484 e. The topological polar surface area (TPSA) is 48.3 Å². The second kappa shape index (κ2) is 6.00. The predicted octanol–water partition coefficient (Wildman–Crippen LogP) is 2.58. The van der Waals surface area contributed by atoms with Crippen molar-refractivity contribution in [2.45, 2.75) is 13.3 Å². The predicted molar refractivity (Wildman–Crippen MR) is 71.8 cm³/mol. The van der Waals surface area contributed by atoms with Crippen LogP contribution in [0.3, 0.4) is 0 Å². The molecule has 0 spiro atoms. The summed E-state index contributed by atoms with van der Waals surface area (Å²) in [6.45, 7) is 1.98. The Morgan fingerprint density at radius 3 is 2.63 bits per heavy atom. The Balaban J connectivity index is 1.98. The van der Waals surface area contributed by atoms with Crippen molar-refractivity contribution in [2.24, 2.45) is 0 Å². The van der Waals surface area contributed by atoms with Crippen LogP contribution in [0.2, 0.25) is 0 Å².